The standard InChI is InChI=1S/C18H22FN5O3S/c19-14-3-7-16(8-4-14)28(26,27)23-9-1-2-13(11-23)18(25)20-10-17-22-21-12-24(17)15-5-6-15/h3-4,7-8,12-13,15H,1-2,5-6,9-11H2,(H,20,25). The summed E-state index contributed by atoms with van der Waals surface area (Å²) in [7, 11) is -3.75. The van der Waals surface area contributed by atoms with Crippen LogP contribution in [-0.4, -0.2) is 46.5 Å². The van der Waals surface area contributed by atoms with E-state index in [9.17, 15) is 17.6 Å². The summed E-state index contributed by atoms with van der Waals surface area (Å²) in [5.41, 5.74) is 0. The second kappa shape index (κ2) is 7.59. The van der Waals surface area contributed by atoms with E-state index in [1.54, 1.807) is 6.33 Å². The van der Waals surface area contributed by atoms with Gasteiger partial charge in [-0.3, -0.25) is 4.79 Å². The van der Waals surface area contributed by atoms with Crippen molar-refractivity contribution in [3.63, 3.8) is 0 Å². The molecule has 10 heteroatoms. The molecule has 2 fully saturated rings. The molecule has 0 spiro atoms. The zero-order valence-electron chi connectivity index (χ0n) is 15.3. The molecule has 2 heterocycles. The zero-order valence-corrected chi connectivity index (χ0v) is 16.1. The Labute approximate surface area is 162 Å². The van der Waals surface area contributed by atoms with Crippen LogP contribution in [0.3, 0.4) is 0 Å². The number of hydrogen-bond acceptors (Lipinski definition) is 5. The van der Waals surface area contributed by atoms with Gasteiger partial charge in [-0.1, -0.05) is 0 Å². The number of aromatic nitrogens is 3. The number of hydrogen-bond donors (Lipinski definition) is 1. The highest BCUT2D eigenvalue weighted by Crippen LogP contribution is 2.35. The maximum Gasteiger partial charge on any atom is 0.243 e. The summed E-state index contributed by atoms with van der Waals surface area (Å²) in [5, 5.41) is 10.8. The van der Waals surface area contributed by atoms with E-state index in [0.29, 0.717) is 31.3 Å². The van der Waals surface area contributed by atoms with Crippen molar-refractivity contribution in [2.24, 2.45) is 5.92 Å². The van der Waals surface area contributed by atoms with Crippen molar-refractivity contribution < 1.29 is 17.6 Å². The maximum absolute atomic E-state index is 13.1. The van der Waals surface area contributed by atoms with Crippen LogP contribution in [0, 0.1) is 11.7 Å². The minimum atomic E-state index is -3.75. The molecule has 1 unspecified atom stereocenters. The quantitative estimate of drug-likeness (QED) is 0.782. The number of sulfonamides is 1. The van der Waals surface area contributed by atoms with Crippen LogP contribution in [0.1, 0.15) is 37.5 Å². The minimum absolute atomic E-state index is 0.0347. The largest absolute Gasteiger partial charge is 0.349 e. The average molecular weight is 407 g/mol. The molecule has 1 amide bonds. The van der Waals surface area contributed by atoms with E-state index in [2.05, 4.69) is 15.5 Å². The van der Waals surface area contributed by atoms with Crippen LogP contribution >= 0.6 is 0 Å². The van der Waals surface area contributed by atoms with Crippen molar-refractivity contribution in [2.75, 3.05) is 13.1 Å². The highest BCUT2D eigenvalue weighted by molar-refractivity contribution is 7.89. The average Bonchev–Trinajstić information content (AvgIpc) is 3.44. The Balaban J connectivity index is 1.39. The van der Waals surface area contributed by atoms with Crippen LogP contribution in [0.25, 0.3) is 0 Å². The van der Waals surface area contributed by atoms with Crippen LogP contribution in [0.4, 0.5) is 4.39 Å². The topological polar surface area (TPSA) is 97.2 Å². The fourth-order valence-corrected chi connectivity index (χ4v) is 5.02. The Kier molecular flexibility index (Phi) is 5.15. The van der Waals surface area contributed by atoms with Crippen LogP contribution in [-0.2, 0) is 21.4 Å². The number of piperidine rings is 1. The molecule has 8 nitrogen and oxygen atoms in total. The predicted molar refractivity (Wildman–Crippen MR) is 98.0 cm³/mol. The van der Waals surface area contributed by atoms with Gasteiger partial charge in [0.15, 0.2) is 5.82 Å². The van der Waals surface area contributed by atoms with Gasteiger partial charge in [0.05, 0.1) is 17.4 Å². The van der Waals surface area contributed by atoms with Gasteiger partial charge in [-0.2, -0.15) is 4.31 Å². The van der Waals surface area contributed by atoms with Gasteiger partial charge in [0, 0.05) is 19.1 Å². The Morgan fingerprint density at radius 3 is 2.68 bits per heavy atom. The Bertz CT molecular complexity index is 956. The van der Waals surface area contributed by atoms with Crippen LogP contribution in [0.2, 0.25) is 0 Å². The van der Waals surface area contributed by atoms with Crippen LogP contribution < -0.4 is 5.32 Å². The Morgan fingerprint density at radius 1 is 1.21 bits per heavy atom. The number of amides is 1. The summed E-state index contributed by atoms with van der Waals surface area (Å²) in [4.78, 5) is 12.6. The summed E-state index contributed by atoms with van der Waals surface area (Å²) < 4.78 is 42.0. The third-order valence-corrected chi connectivity index (χ3v) is 7.09. The van der Waals surface area contributed by atoms with Gasteiger partial charge in [-0.15, -0.1) is 10.2 Å². The van der Waals surface area contributed by atoms with E-state index in [1.165, 1.54) is 16.4 Å². The van der Waals surface area contributed by atoms with Crippen LogP contribution in [0.15, 0.2) is 35.5 Å². The molecule has 1 saturated carbocycles. The van der Waals surface area contributed by atoms with E-state index < -0.39 is 21.8 Å². The summed E-state index contributed by atoms with van der Waals surface area (Å²) in [6.45, 7) is 0.733. The molecule has 1 atom stereocenters. The highest BCUT2D eigenvalue weighted by atomic mass is 32.2. The van der Waals surface area contributed by atoms with E-state index in [1.807, 2.05) is 4.57 Å². The van der Waals surface area contributed by atoms with Crippen LogP contribution in [0.5, 0.6) is 0 Å². The normalized spacial score (nSPS) is 20.8. The summed E-state index contributed by atoms with van der Waals surface area (Å²) in [6.07, 6.45) is 5.08. The third kappa shape index (κ3) is 3.93. The first-order chi connectivity index (χ1) is 13.4. The molecule has 1 aromatic carbocycles. The Hall–Kier alpha value is -2.33. The van der Waals surface area contributed by atoms with Crippen molar-refractivity contribution in [1.82, 2.24) is 24.4 Å². The van der Waals surface area contributed by atoms with E-state index in [0.717, 1.165) is 25.0 Å². The predicted octanol–water partition coefficient (Wildman–Crippen LogP) is 1.47. The lowest BCUT2D eigenvalue weighted by Gasteiger charge is -2.31. The van der Waals surface area contributed by atoms with Crippen molar-refractivity contribution >= 4 is 15.9 Å². The van der Waals surface area contributed by atoms with Gasteiger partial charge in [0.25, 0.3) is 0 Å². The molecule has 1 aliphatic heterocycles. The SMILES string of the molecule is O=C(NCc1nncn1C1CC1)C1CCCN(S(=O)(=O)c2ccc(F)cc2)C1. The Morgan fingerprint density at radius 2 is 1.96 bits per heavy atom. The summed E-state index contributed by atoms with van der Waals surface area (Å²) in [6, 6.07) is 5.17. The molecule has 1 aromatic heterocycles. The highest BCUT2D eigenvalue weighted by Gasteiger charge is 2.33. The van der Waals surface area contributed by atoms with E-state index in [4.69, 9.17) is 0 Å². The van der Waals surface area contributed by atoms with Gasteiger partial charge in [-0.25, -0.2) is 12.8 Å². The molecule has 150 valence electrons. The number of carbonyl (C=O) groups is 1. The number of carbonyl (C=O) groups excluding carboxylic acids is 1. The third-order valence-electron chi connectivity index (χ3n) is 5.21. The van der Waals surface area contributed by atoms with Crippen molar-refractivity contribution in [2.45, 2.75) is 43.2 Å². The first-order valence-electron chi connectivity index (χ1n) is 9.37. The lowest BCUT2D eigenvalue weighted by Crippen LogP contribution is -2.45. The molecule has 0 bridgehead atoms. The van der Waals surface area contributed by atoms with Crippen molar-refractivity contribution in [3.8, 4) is 0 Å². The molecule has 1 N–H and O–H groups in total. The van der Waals surface area contributed by atoms with Gasteiger partial charge in [0.2, 0.25) is 15.9 Å². The number of halogens is 1. The first-order valence-corrected chi connectivity index (χ1v) is 10.8. The fourth-order valence-electron chi connectivity index (χ4n) is 3.49. The number of nitrogens with zero attached hydrogens (tertiary/aromatic N) is 4. The molecule has 0 radical (unpaired) electrons. The number of benzene rings is 1. The number of nitrogens with one attached hydrogen (secondary N) is 1. The molecule has 1 aliphatic carbocycles. The number of rotatable bonds is 6. The lowest BCUT2D eigenvalue weighted by atomic mass is 9.99. The maximum atomic E-state index is 13.1. The van der Waals surface area contributed by atoms with Gasteiger partial charge >= 0.3 is 0 Å². The van der Waals surface area contributed by atoms with Gasteiger partial charge in [-0.05, 0) is 49.9 Å². The smallest absolute Gasteiger partial charge is 0.243 e. The molecule has 4 rings (SSSR count). The fraction of sp³-hybridized carbons (Fsp3) is 0.500. The molecular formula is C18H22FN5O3S. The monoisotopic (exact) mass is 407 g/mol. The summed E-state index contributed by atoms with van der Waals surface area (Å²) in [5.74, 6) is -0.401. The molecule has 1 saturated heterocycles. The second-order valence-electron chi connectivity index (χ2n) is 7.26. The van der Waals surface area contributed by atoms with E-state index in [-0.39, 0.29) is 23.9 Å². The van der Waals surface area contributed by atoms with Gasteiger partial charge in [0.1, 0.15) is 12.1 Å². The zero-order chi connectivity index (χ0) is 19.7. The van der Waals surface area contributed by atoms with Crippen molar-refractivity contribution in [1.29, 1.82) is 0 Å². The summed E-state index contributed by atoms with van der Waals surface area (Å²) >= 11 is 0. The molecule has 2 aromatic rings. The van der Waals surface area contributed by atoms with Gasteiger partial charge < -0.3 is 9.88 Å². The first kappa shape index (κ1) is 19.0. The lowest BCUT2D eigenvalue weighted by molar-refractivity contribution is -0.126. The molecule has 2 aliphatic rings. The van der Waals surface area contributed by atoms with Crippen molar-refractivity contribution in [3.05, 3.63) is 42.2 Å². The second-order valence-corrected chi connectivity index (χ2v) is 9.20. The molecular weight excluding hydrogens is 385 g/mol. The molecule has 28 heavy (non-hydrogen) atoms. The minimum Gasteiger partial charge on any atom is -0.349 e. The van der Waals surface area contributed by atoms with E-state index >= 15 is 0 Å².